The van der Waals surface area contributed by atoms with E-state index in [1.54, 1.807) is 45.0 Å². The zero-order valence-electron chi connectivity index (χ0n) is 25.6. The summed E-state index contributed by atoms with van der Waals surface area (Å²) in [6, 6.07) is 14.9. The molecule has 0 radical (unpaired) electrons. The molecule has 4 N–H and O–H groups in total. The van der Waals surface area contributed by atoms with Crippen LogP contribution >= 0.6 is 0 Å². The van der Waals surface area contributed by atoms with E-state index in [1.165, 1.54) is 13.1 Å². The van der Waals surface area contributed by atoms with Crippen molar-refractivity contribution in [1.29, 1.82) is 0 Å². The Kier molecular flexibility index (Phi) is 11.1. The summed E-state index contributed by atoms with van der Waals surface area (Å²) in [6.45, 7) is 10.8. The van der Waals surface area contributed by atoms with Crippen LogP contribution in [0, 0.1) is 11.3 Å². The number of para-hydroxylation sites is 1. The number of hydrogen-bond acceptors (Lipinski definition) is 6. The van der Waals surface area contributed by atoms with Crippen LogP contribution in [0.15, 0.2) is 66.9 Å². The van der Waals surface area contributed by atoms with E-state index in [0.29, 0.717) is 16.5 Å². The molecule has 0 saturated carbocycles. The molecule has 1 heterocycles. The van der Waals surface area contributed by atoms with Gasteiger partial charge in [0, 0.05) is 18.1 Å². The van der Waals surface area contributed by atoms with Gasteiger partial charge in [-0.1, -0.05) is 83.1 Å². The molecule has 0 aliphatic heterocycles. The van der Waals surface area contributed by atoms with Crippen molar-refractivity contribution < 1.29 is 24.0 Å². The first-order valence-electron chi connectivity index (χ1n) is 14.4. The third kappa shape index (κ3) is 9.19. The van der Waals surface area contributed by atoms with Gasteiger partial charge in [-0.15, -0.1) is 0 Å². The molecule has 228 valence electrons. The number of nitrogens with one attached hydrogen (secondary N) is 4. The Balaban J connectivity index is 1.67. The Hall–Kier alpha value is -4.60. The van der Waals surface area contributed by atoms with E-state index >= 15 is 0 Å². The van der Waals surface area contributed by atoms with E-state index in [9.17, 15) is 24.0 Å². The quantitative estimate of drug-likeness (QED) is 0.239. The van der Waals surface area contributed by atoms with Gasteiger partial charge in [0.25, 0.3) is 11.8 Å². The lowest BCUT2D eigenvalue weighted by Gasteiger charge is -2.31. The van der Waals surface area contributed by atoms with E-state index in [-0.39, 0.29) is 18.9 Å². The van der Waals surface area contributed by atoms with Crippen LogP contribution in [0.2, 0.25) is 0 Å². The lowest BCUT2D eigenvalue weighted by Crippen LogP contribution is -2.58. The van der Waals surface area contributed by atoms with Crippen LogP contribution in [-0.4, -0.2) is 52.5 Å². The van der Waals surface area contributed by atoms with Crippen molar-refractivity contribution in [3.05, 3.63) is 78.0 Å². The topological polar surface area (TPSA) is 146 Å². The Morgan fingerprint density at radius 1 is 0.791 bits per heavy atom. The minimum Gasteiger partial charge on any atom is -0.345 e. The van der Waals surface area contributed by atoms with E-state index in [2.05, 4.69) is 26.3 Å². The van der Waals surface area contributed by atoms with Gasteiger partial charge in [-0.3, -0.25) is 29.0 Å². The van der Waals surface area contributed by atoms with Crippen LogP contribution in [0.3, 0.4) is 0 Å². The molecule has 0 saturated heterocycles. The Morgan fingerprint density at radius 2 is 1.44 bits per heavy atom. The normalized spacial score (nSPS) is 13.5. The summed E-state index contributed by atoms with van der Waals surface area (Å²) in [4.78, 5) is 69.8. The van der Waals surface area contributed by atoms with E-state index in [4.69, 9.17) is 0 Å². The zero-order chi connectivity index (χ0) is 31.7. The summed E-state index contributed by atoms with van der Waals surface area (Å²) in [7, 11) is 0. The molecule has 10 nitrogen and oxygen atoms in total. The van der Waals surface area contributed by atoms with Gasteiger partial charge in [0.15, 0.2) is 0 Å². The lowest BCUT2D eigenvalue weighted by molar-refractivity contribution is -0.140. The van der Waals surface area contributed by atoms with E-state index < -0.39 is 53.0 Å². The minimum atomic E-state index is -1.07. The standard InChI is InChI=1S/C33H41N5O5/c1-20(2)18-26(27(39)31(42)35-19-22-12-8-7-9-13-22)37-29(40)21(3)36-32(43)28(33(4,5)6)38-30(41)24-16-17-34-25-15-11-10-14-23(24)25/h7-17,20-21,26,28H,18-19H2,1-6H3,(H,35,42)(H,36,43)(H,37,40)(H,38,41)/t21-,26?,28?/m0/s1. The van der Waals surface area contributed by atoms with Gasteiger partial charge < -0.3 is 21.3 Å². The highest BCUT2D eigenvalue weighted by atomic mass is 16.2. The van der Waals surface area contributed by atoms with Crippen molar-refractivity contribution in [2.24, 2.45) is 11.3 Å². The number of carbonyl (C=O) groups is 5. The molecular formula is C33H41N5O5. The van der Waals surface area contributed by atoms with Crippen molar-refractivity contribution in [3.63, 3.8) is 0 Å². The number of amides is 4. The van der Waals surface area contributed by atoms with Crippen molar-refractivity contribution in [3.8, 4) is 0 Å². The fraction of sp³-hybridized carbons (Fsp3) is 0.394. The number of pyridine rings is 1. The molecule has 0 aliphatic carbocycles. The number of carbonyl (C=O) groups excluding carboxylic acids is 5. The smallest absolute Gasteiger partial charge is 0.289 e. The monoisotopic (exact) mass is 587 g/mol. The fourth-order valence-corrected chi connectivity index (χ4v) is 4.56. The molecule has 0 aliphatic rings. The molecule has 3 atom stereocenters. The molecule has 2 aromatic carbocycles. The average Bonchev–Trinajstić information content (AvgIpc) is 2.97. The highest BCUT2D eigenvalue weighted by Gasteiger charge is 2.35. The lowest BCUT2D eigenvalue weighted by atomic mass is 9.85. The molecule has 4 amide bonds. The SMILES string of the molecule is CC(C)CC(NC(=O)[C@H](C)NC(=O)C(NC(=O)c1ccnc2ccccc12)C(C)(C)C)C(=O)C(=O)NCc1ccccc1. The molecule has 2 unspecified atom stereocenters. The third-order valence-corrected chi connectivity index (χ3v) is 6.91. The zero-order valence-corrected chi connectivity index (χ0v) is 25.6. The fourth-order valence-electron chi connectivity index (χ4n) is 4.56. The number of nitrogens with zero attached hydrogens (tertiary/aromatic N) is 1. The summed E-state index contributed by atoms with van der Waals surface area (Å²) < 4.78 is 0. The van der Waals surface area contributed by atoms with Gasteiger partial charge in [-0.25, -0.2) is 0 Å². The Morgan fingerprint density at radius 3 is 2.09 bits per heavy atom. The summed E-state index contributed by atoms with van der Waals surface area (Å²) in [5, 5.41) is 11.4. The highest BCUT2D eigenvalue weighted by Crippen LogP contribution is 2.22. The maximum absolute atomic E-state index is 13.4. The summed E-state index contributed by atoms with van der Waals surface area (Å²) in [5.74, 6) is -3.19. The largest absolute Gasteiger partial charge is 0.345 e. The molecule has 10 heteroatoms. The first-order chi connectivity index (χ1) is 20.3. The maximum Gasteiger partial charge on any atom is 0.289 e. The summed E-state index contributed by atoms with van der Waals surface area (Å²) in [5.41, 5.74) is 1.16. The first kappa shape index (κ1) is 32.9. The van der Waals surface area contributed by atoms with Crippen LogP contribution in [-0.2, 0) is 25.7 Å². The van der Waals surface area contributed by atoms with Gasteiger partial charge in [0.2, 0.25) is 17.6 Å². The molecule has 1 aromatic heterocycles. The molecule has 43 heavy (non-hydrogen) atoms. The van der Waals surface area contributed by atoms with E-state index in [1.807, 2.05) is 50.2 Å². The summed E-state index contributed by atoms with van der Waals surface area (Å²) >= 11 is 0. The number of rotatable bonds is 12. The number of benzene rings is 2. The second-order valence-electron chi connectivity index (χ2n) is 12.1. The van der Waals surface area contributed by atoms with Crippen molar-refractivity contribution in [2.75, 3.05) is 0 Å². The number of Topliss-reactive ketones (excluding diaryl/α,β-unsaturated/α-hetero) is 1. The molecule has 0 bridgehead atoms. The molecule has 0 spiro atoms. The second kappa shape index (κ2) is 14.5. The van der Waals surface area contributed by atoms with Crippen LogP contribution in [0.5, 0.6) is 0 Å². The van der Waals surface area contributed by atoms with Crippen molar-refractivity contribution in [1.82, 2.24) is 26.3 Å². The second-order valence-corrected chi connectivity index (χ2v) is 12.1. The van der Waals surface area contributed by atoms with E-state index in [0.717, 1.165) is 5.56 Å². The van der Waals surface area contributed by atoms with Gasteiger partial charge in [-0.05, 0) is 42.4 Å². The molecule has 0 fully saturated rings. The van der Waals surface area contributed by atoms with Crippen molar-refractivity contribution >= 4 is 40.3 Å². The van der Waals surface area contributed by atoms with Crippen LogP contribution in [0.1, 0.15) is 63.9 Å². The Bertz CT molecular complexity index is 1460. The number of hydrogen-bond donors (Lipinski definition) is 4. The number of ketones is 1. The first-order valence-corrected chi connectivity index (χ1v) is 14.4. The van der Waals surface area contributed by atoms with Gasteiger partial charge in [0.1, 0.15) is 12.1 Å². The number of fused-ring (bicyclic) bond motifs is 1. The predicted molar refractivity (Wildman–Crippen MR) is 165 cm³/mol. The Labute approximate surface area is 252 Å². The number of aromatic nitrogens is 1. The maximum atomic E-state index is 13.4. The van der Waals surface area contributed by atoms with Crippen LogP contribution in [0.4, 0.5) is 0 Å². The molecule has 3 aromatic rings. The van der Waals surface area contributed by atoms with Gasteiger partial charge in [0.05, 0.1) is 17.1 Å². The van der Waals surface area contributed by atoms with Gasteiger partial charge >= 0.3 is 0 Å². The average molecular weight is 588 g/mol. The molecule has 3 rings (SSSR count). The summed E-state index contributed by atoms with van der Waals surface area (Å²) in [6.07, 6.45) is 1.77. The van der Waals surface area contributed by atoms with Crippen molar-refractivity contribution in [2.45, 2.75) is 72.6 Å². The minimum absolute atomic E-state index is 0.00539. The highest BCUT2D eigenvalue weighted by molar-refractivity contribution is 6.38. The third-order valence-electron chi connectivity index (χ3n) is 6.91. The van der Waals surface area contributed by atoms with Crippen LogP contribution < -0.4 is 21.3 Å². The predicted octanol–water partition coefficient (Wildman–Crippen LogP) is 3.30. The molecular weight excluding hydrogens is 546 g/mol. The van der Waals surface area contributed by atoms with Gasteiger partial charge in [-0.2, -0.15) is 0 Å². The van der Waals surface area contributed by atoms with Crippen LogP contribution in [0.25, 0.3) is 10.9 Å².